The zero-order chi connectivity index (χ0) is 22.2. The Hall–Kier alpha value is -3.49. The van der Waals surface area contributed by atoms with E-state index in [1.54, 1.807) is 42.2 Å². The van der Waals surface area contributed by atoms with Gasteiger partial charge in [0.2, 0.25) is 0 Å². The molecule has 0 bridgehead atoms. The molecule has 0 unspecified atom stereocenters. The molecule has 0 atom stereocenters. The molecule has 9 heteroatoms. The Morgan fingerprint density at radius 2 is 1.97 bits per heavy atom. The topological polar surface area (TPSA) is 67.6 Å². The normalized spacial score (nSPS) is 14.4. The van der Waals surface area contributed by atoms with Crippen LogP contribution < -0.4 is 9.64 Å². The van der Waals surface area contributed by atoms with Crippen LogP contribution in [-0.2, 0) is 24.6 Å². The fraction of sp³-hybridized carbons (Fsp3) is 0.273. The lowest BCUT2D eigenvalue weighted by atomic mass is 9.97. The zero-order valence-electron chi connectivity index (χ0n) is 16.6. The van der Waals surface area contributed by atoms with Crippen molar-refractivity contribution in [3.63, 3.8) is 0 Å². The van der Waals surface area contributed by atoms with E-state index < -0.39 is 23.6 Å². The van der Waals surface area contributed by atoms with Gasteiger partial charge in [-0.3, -0.25) is 9.48 Å². The van der Waals surface area contributed by atoms with Gasteiger partial charge in [0.25, 0.3) is 0 Å². The maximum absolute atomic E-state index is 13.3. The van der Waals surface area contributed by atoms with Crippen LogP contribution in [0.25, 0.3) is 11.1 Å². The number of carbonyl (C=O) groups is 1. The number of hydrogen-bond acceptors (Lipinski definition) is 4. The number of aliphatic carboxylic acids is 1. The maximum Gasteiger partial charge on any atom is 0.416 e. The van der Waals surface area contributed by atoms with Gasteiger partial charge in [0, 0.05) is 37.6 Å². The van der Waals surface area contributed by atoms with Crippen molar-refractivity contribution in [1.82, 2.24) is 9.78 Å². The summed E-state index contributed by atoms with van der Waals surface area (Å²) in [6.07, 6.45) is -2.73. The Kier molecular flexibility index (Phi) is 5.34. The van der Waals surface area contributed by atoms with Crippen molar-refractivity contribution in [1.29, 1.82) is 0 Å². The molecular weight excluding hydrogens is 411 g/mol. The Morgan fingerprint density at radius 3 is 2.61 bits per heavy atom. The summed E-state index contributed by atoms with van der Waals surface area (Å²) in [5, 5.41) is 13.3. The highest BCUT2D eigenvalue weighted by Crippen LogP contribution is 2.39. The largest absolute Gasteiger partial charge is 0.487 e. The second-order valence-corrected chi connectivity index (χ2v) is 7.47. The van der Waals surface area contributed by atoms with Gasteiger partial charge in [-0.2, -0.15) is 18.3 Å². The van der Waals surface area contributed by atoms with Crippen LogP contribution in [0.1, 0.15) is 11.3 Å². The van der Waals surface area contributed by atoms with Crippen LogP contribution in [0.2, 0.25) is 0 Å². The highest BCUT2D eigenvalue weighted by molar-refractivity contribution is 5.77. The van der Waals surface area contributed by atoms with E-state index in [0.29, 0.717) is 35.7 Å². The molecule has 6 nitrogen and oxygen atoms in total. The van der Waals surface area contributed by atoms with Crippen molar-refractivity contribution in [3.8, 4) is 16.9 Å². The van der Waals surface area contributed by atoms with E-state index in [1.807, 2.05) is 11.0 Å². The molecule has 2 aromatic carbocycles. The van der Waals surface area contributed by atoms with Crippen molar-refractivity contribution in [3.05, 3.63) is 66.0 Å². The SMILES string of the molecule is Cn1ccc(COc2ccc(C(F)(F)F)cc2-c2cccc(N3CC(C(=O)O)C3)c2)n1. The lowest BCUT2D eigenvalue weighted by Crippen LogP contribution is -2.50. The zero-order valence-corrected chi connectivity index (χ0v) is 16.6. The number of ether oxygens (including phenoxy) is 1. The molecule has 0 amide bonds. The third-order valence-electron chi connectivity index (χ3n) is 5.20. The summed E-state index contributed by atoms with van der Waals surface area (Å²) in [5.41, 5.74) is 1.50. The fourth-order valence-corrected chi connectivity index (χ4v) is 3.47. The molecule has 1 aliphatic heterocycles. The van der Waals surface area contributed by atoms with E-state index in [4.69, 9.17) is 9.84 Å². The molecule has 162 valence electrons. The Morgan fingerprint density at radius 1 is 1.19 bits per heavy atom. The Labute approximate surface area is 176 Å². The van der Waals surface area contributed by atoms with Crippen molar-refractivity contribution < 1.29 is 27.8 Å². The molecule has 2 heterocycles. The van der Waals surface area contributed by atoms with Gasteiger partial charge in [0.1, 0.15) is 12.4 Å². The number of carboxylic acid groups (broad SMARTS) is 1. The summed E-state index contributed by atoms with van der Waals surface area (Å²) >= 11 is 0. The molecular formula is C22H20F3N3O3. The van der Waals surface area contributed by atoms with Crippen molar-refractivity contribution in [2.45, 2.75) is 12.8 Å². The minimum Gasteiger partial charge on any atom is -0.487 e. The quantitative estimate of drug-likeness (QED) is 0.634. The molecule has 1 aliphatic rings. The molecule has 3 aromatic rings. The highest BCUT2D eigenvalue weighted by atomic mass is 19.4. The number of carboxylic acids is 1. The van der Waals surface area contributed by atoms with E-state index in [2.05, 4.69) is 5.10 Å². The van der Waals surface area contributed by atoms with Crippen LogP contribution in [0.3, 0.4) is 0 Å². The molecule has 1 saturated heterocycles. The number of alkyl halides is 3. The number of halogens is 3. The molecule has 4 rings (SSSR count). The first kappa shape index (κ1) is 20.8. The van der Waals surface area contributed by atoms with Gasteiger partial charge in [-0.15, -0.1) is 0 Å². The fourth-order valence-electron chi connectivity index (χ4n) is 3.47. The van der Waals surface area contributed by atoms with Crippen LogP contribution in [0.4, 0.5) is 18.9 Å². The van der Waals surface area contributed by atoms with E-state index in [1.165, 1.54) is 6.07 Å². The van der Waals surface area contributed by atoms with Gasteiger partial charge in [0.15, 0.2) is 0 Å². The molecule has 0 aliphatic carbocycles. The summed E-state index contributed by atoms with van der Waals surface area (Å²) < 4.78 is 47.5. The smallest absolute Gasteiger partial charge is 0.416 e. The summed E-state index contributed by atoms with van der Waals surface area (Å²) in [6.45, 7) is 0.847. The number of aromatic nitrogens is 2. The molecule has 0 saturated carbocycles. The van der Waals surface area contributed by atoms with Gasteiger partial charge in [-0.25, -0.2) is 0 Å². The average Bonchev–Trinajstić information content (AvgIpc) is 3.09. The predicted octanol–water partition coefficient (Wildman–Crippen LogP) is 4.21. The van der Waals surface area contributed by atoms with Gasteiger partial charge in [0.05, 0.1) is 17.2 Å². The van der Waals surface area contributed by atoms with Crippen LogP contribution in [-0.4, -0.2) is 33.9 Å². The second kappa shape index (κ2) is 7.98. The molecule has 1 fully saturated rings. The number of benzene rings is 2. The number of aryl methyl sites for hydroxylation is 1. The molecule has 0 spiro atoms. The van der Waals surface area contributed by atoms with Crippen LogP contribution in [0.15, 0.2) is 54.7 Å². The Balaban J connectivity index is 1.65. The predicted molar refractivity (Wildman–Crippen MR) is 108 cm³/mol. The first-order chi connectivity index (χ1) is 14.7. The summed E-state index contributed by atoms with van der Waals surface area (Å²) in [4.78, 5) is 12.9. The average molecular weight is 431 g/mol. The van der Waals surface area contributed by atoms with Gasteiger partial charge in [-0.1, -0.05) is 12.1 Å². The number of anilines is 1. The minimum atomic E-state index is -4.49. The highest BCUT2D eigenvalue weighted by Gasteiger charge is 2.33. The second-order valence-electron chi connectivity index (χ2n) is 7.47. The van der Waals surface area contributed by atoms with E-state index in [0.717, 1.165) is 17.8 Å². The van der Waals surface area contributed by atoms with Gasteiger partial charge < -0.3 is 14.7 Å². The molecule has 31 heavy (non-hydrogen) atoms. The van der Waals surface area contributed by atoms with Crippen molar-refractivity contribution in [2.24, 2.45) is 13.0 Å². The number of hydrogen-bond donors (Lipinski definition) is 1. The van der Waals surface area contributed by atoms with E-state index in [-0.39, 0.29) is 6.61 Å². The number of nitrogens with zero attached hydrogens (tertiary/aromatic N) is 3. The molecule has 1 aromatic heterocycles. The first-order valence-corrected chi connectivity index (χ1v) is 9.61. The lowest BCUT2D eigenvalue weighted by molar-refractivity contribution is -0.142. The van der Waals surface area contributed by atoms with Crippen molar-refractivity contribution >= 4 is 11.7 Å². The van der Waals surface area contributed by atoms with E-state index >= 15 is 0 Å². The standard InChI is InChI=1S/C22H20F3N3O3/c1-27-8-7-17(26-27)13-31-20-6-5-16(22(23,24)25)10-19(20)14-3-2-4-18(9-14)28-11-15(12-28)21(29)30/h2-10,15H,11-13H2,1H3,(H,29,30). The monoisotopic (exact) mass is 431 g/mol. The third-order valence-corrected chi connectivity index (χ3v) is 5.20. The van der Waals surface area contributed by atoms with Crippen LogP contribution >= 0.6 is 0 Å². The van der Waals surface area contributed by atoms with Crippen molar-refractivity contribution in [2.75, 3.05) is 18.0 Å². The summed E-state index contributed by atoms with van der Waals surface area (Å²) in [6, 6.07) is 12.2. The lowest BCUT2D eigenvalue weighted by Gasteiger charge is -2.38. The first-order valence-electron chi connectivity index (χ1n) is 9.61. The van der Waals surface area contributed by atoms with Crippen LogP contribution in [0, 0.1) is 5.92 Å². The van der Waals surface area contributed by atoms with Gasteiger partial charge in [-0.05, 0) is 42.0 Å². The minimum absolute atomic E-state index is 0.116. The van der Waals surface area contributed by atoms with Gasteiger partial charge >= 0.3 is 12.1 Å². The summed E-state index contributed by atoms with van der Waals surface area (Å²) in [7, 11) is 1.77. The van der Waals surface area contributed by atoms with E-state index in [9.17, 15) is 18.0 Å². The maximum atomic E-state index is 13.3. The molecule has 0 radical (unpaired) electrons. The summed E-state index contributed by atoms with van der Waals surface area (Å²) in [5.74, 6) is -0.979. The number of rotatable bonds is 6. The Bertz CT molecular complexity index is 1100. The third kappa shape index (κ3) is 4.50. The molecule has 1 N–H and O–H groups in total. The van der Waals surface area contributed by atoms with Crippen LogP contribution in [0.5, 0.6) is 5.75 Å².